The van der Waals surface area contributed by atoms with E-state index in [9.17, 15) is 4.79 Å². The third kappa shape index (κ3) is 3.51. The summed E-state index contributed by atoms with van der Waals surface area (Å²) in [5, 5.41) is 3.18. The second kappa shape index (κ2) is 7.42. The highest BCUT2D eigenvalue weighted by molar-refractivity contribution is 7.09. The minimum Gasteiger partial charge on any atom is -0.363 e. The number of ether oxygens (including phenoxy) is 1. The van der Waals surface area contributed by atoms with Gasteiger partial charge in [0.15, 0.2) is 0 Å². The number of morpholine rings is 1. The van der Waals surface area contributed by atoms with E-state index in [4.69, 9.17) is 4.74 Å². The number of hydrogen-bond donors (Lipinski definition) is 0. The maximum absolute atomic E-state index is 12.5. The molecular formula is C19H24N4O2S. The maximum atomic E-state index is 12.5. The fourth-order valence-electron chi connectivity index (χ4n) is 4.00. The third-order valence-corrected chi connectivity index (χ3v) is 6.42. The number of amides is 1. The first-order chi connectivity index (χ1) is 12.7. The van der Waals surface area contributed by atoms with Gasteiger partial charge in [0, 0.05) is 43.6 Å². The van der Waals surface area contributed by atoms with E-state index in [0.29, 0.717) is 6.54 Å². The minimum absolute atomic E-state index is 0.0611. The summed E-state index contributed by atoms with van der Waals surface area (Å²) in [6.07, 6.45) is 7.33. The van der Waals surface area contributed by atoms with Crippen LogP contribution in [0.1, 0.15) is 30.3 Å². The van der Waals surface area contributed by atoms with Crippen molar-refractivity contribution in [2.75, 3.05) is 19.7 Å². The number of piperidine rings is 1. The molecule has 0 saturated carbocycles. The lowest BCUT2D eigenvalue weighted by molar-refractivity contribution is -0.188. The molecule has 2 saturated heterocycles. The largest absolute Gasteiger partial charge is 0.363 e. The number of likely N-dealkylation sites (tertiary alicyclic amines) is 1. The van der Waals surface area contributed by atoms with E-state index < -0.39 is 0 Å². The average Bonchev–Trinajstić information content (AvgIpc) is 3.18. The van der Waals surface area contributed by atoms with Crippen molar-refractivity contribution in [1.82, 2.24) is 19.8 Å². The van der Waals surface area contributed by atoms with Crippen molar-refractivity contribution in [1.29, 1.82) is 0 Å². The highest BCUT2D eigenvalue weighted by atomic mass is 32.1. The first-order valence-corrected chi connectivity index (χ1v) is 9.97. The smallest absolute Gasteiger partial charge is 0.249 e. The summed E-state index contributed by atoms with van der Waals surface area (Å²) in [7, 11) is 0. The Labute approximate surface area is 157 Å². The van der Waals surface area contributed by atoms with Crippen LogP contribution in [0, 0.1) is 0 Å². The number of hydrogen-bond acceptors (Lipinski definition) is 6. The van der Waals surface area contributed by atoms with Crippen LogP contribution in [-0.2, 0) is 22.6 Å². The molecule has 4 heterocycles. The van der Waals surface area contributed by atoms with Crippen molar-refractivity contribution in [3.8, 4) is 0 Å². The van der Waals surface area contributed by atoms with Gasteiger partial charge in [0.1, 0.15) is 11.6 Å². The van der Waals surface area contributed by atoms with Crippen molar-refractivity contribution in [3.05, 3.63) is 46.7 Å². The molecule has 1 unspecified atom stereocenters. The van der Waals surface area contributed by atoms with Gasteiger partial charge in [0.2, 0.25) is 5.91 Å². The van der Waals surface area contributed by atoms with Crippen molar-refractivity contribution < 1.29 is 9.53 Å². The summed E-state index contributed by atoms with van der Waals surface area (Å²) in [4.78, 5) is 25.4. The molecule has 0 radical (unpaired) electrons. The zero-order valence-electron chi connectivity index (χ0n) is 15.0. The highest BCUT2D eigenvalue weighted by Gasteiger charge is 2.47. The van der Waals surface area contributed by atoms with E-state index in [1.165, 1.54) is 0 Å². The molecule has 2 aromatic heterocycles. The van der Waals surface area contributed by atoms with Crippen LogP contribution in [-0.4, -0.2) is 57.0 Å². The average molecular weight is 372 g/mol. The topological polar surface area (TPSA) is 58.6 Å². The van der Waals surface area contributed by atoms with E-state index >= 15 is 0 Å². The van der Waals surface area contributed by atoms with Gasteiger partial charge in [-0.25, -0.2) is 4.98 Å². The number of nitrogens with zero attached hydrogens (tertiary/aromatic N) is 4. The summed E-state index contributed by atoms with van der Waals surface area (Å²) >= 11 is 1.70. The first-order valence-electron chi connectivity index (χ1n) is 9.09. The zero-order valence-corrected chi connectivity index (χ0v) is 15.8. The Hall–Kier alpha value is -1.83. The van der Waals surface area contributed by atoms with E-state index in [1.54, 1.807) is 17.5 Å². The monoisotopic (exact) mass is 372 g/mol. The van der Waals surface area contributed by atoms with Crippen LogP contribution in [0.15, 0.2) is 36.1 Å². The summed E-state index contributed by atoms with van der Waals surface area (Å²) in [5.41, 5.74) is 0.820. The molecule has 6 nitrogen and oxygen atoms in total. The Morgan fingerprint density at radius 2 is 2.15 bits per heavy atom. The molecule has 4 rings (SSSR count). The molecule has 1 amide bonds. The predicted molar refractivity (Wildman–Crippen MR) is 99.6 cm³/mol. The van der Waals surface area contributed by atoms with Crippen LogP contribution in [0.5, 0.6) is 0 Å². The van der Waals surface area contributed by atoms with Gasteiger partial charge in [-0.3, -0.25) is 14.7 Å². The Bertz CT molecular complexity index is 729. The number of thiazole rings is 1. The van der Waals surface area contributed by atoms with Crippen LogP contribution in [0.4, 0.5) is 0 Å². The van der Waals surface area contributed by atoms with Crippen LogP contribution in [0.3, 0.4) is 0 Å². The molecule has 2 fully saturated rings. The maximum Gasteiger partial charge on any atom is 0.249 e. The third-order valence-electron chi connectivity index (χ3n) is 5.65. The van der Waals surface area contributed by atoms with Crippen molar-refractivity contribution >= 4 is 17.2 Å². The number of carbonyl (C=O) groups is 1. The number of aromatic nitrogens is 2. The normalized spacial score (nSPS) is 23.5. The van der Waals surface area contributed by atoms with Crippen LogP contribution >= 0.6 is 11.3 Å². The molecule has 2 aliphatic heterocycles. The molecule has 138 valence electrons. The number of pyridine rings is 1. The second-order valence-corrected chi connectivity index (χ2v) is 8.09. The van der Waals surface area contributed by atoms with Crippen LogP contribution < -0.4 is 0 Å². The Morgan fingerprint density at radius 1 is 1.31 bits per heavy atom. The number of carbonyl (C=O) groups excluding carboxylic acids is 1. The summed E-state index contributed by atoms with van der Waals surface area (Å²) in [6.45, 7) is 5.75. The second-order valence-electron chi connectivity index (χ2n) is 7.11. The quantitative estimate of drug-likeness (QED) is 0.824. The van der Waals surface area contributed by atoms with E-state index in [0.717, 1.165) is 43.0 Å². The molecule has 0 aromatic carbocycles. The fraction of sp³-hybridized carbons (Fsp3) is 0.526. The molecule has 26 heavy (non-hydrogen) atoms. The molecule has 7 heteroatoms. The van der Waals surface area contributed by atoms with Crippen molar-refractivity contribution in [3.63, 3.8) is 0 Å². The van der Waals surface area contributed by atoms with E-state index in [1.807, 2.05) is 34.8 Å². The van der Waals surface area contributed by atoms with Gasteiger partial charge in [-0.05, 0) is 31.4 Å². The Balaban J connectivity index is 1.42. The summed E-state index contributed by atoms with van der Waals surface area (Å²) < 4.78 is 6.14. The van der Waals surface area contributed by atoms with E-state index in [2.05, 4.69) is 21.8 Å². The molecule has 0 bridgehead atoms. The first kappa shape index (κ1) is 17.6. The lowest BCUT2D eigenvalue weighted by atomic mass is 9.82. The van der Waals surface area contributed by atoms with Gasteiger partial charge in [-0.1, -0.05) is 6.07 Å². The predicted octanol–water partition coefficient (Wildman–Crippen LogP) is 2.32. The molecule has 1 atom stereocenters. The van der Waals surface area contributed by atoms with Crippen LogP contribution in [0.2, 0.25) is 0 Å². The van der Waals surface area contributed by atoms with Gasteiger partial charge in [0.25, 0.3) is 0 Å². The molecule has 0 aliphatic carbocycles. The zero-order chi connectivity index (χ0) is 18.0. The summed E-state index contributed by atoms with van der Waals surface area (Å²) in [6, 6.07) is 4.00. The lowest BCUT2D eigenvalue weighted by Crippen LogP contribution is -2.63. The van der Waals surface area contributed by atoms with Gasteiger partial charge in [-0.2, -0.15) is 0 Å². The van der Waals surface area contributed by atoms with Gasteiger partial charge < -0.3 is 9.64 Å². The Kier molecular flexibility index (Phi) is 5.02. The van der Waals surface area contributed by atoms with E-state index in [-0.39, 0.29) is 24.2 Å². The van der Waals surface area contributed by atoms with Crippen molar-refractivity contribution in [2.24, 2.45) is 0 Å². The van der Waals surface area contributed by atoms with Crippen LogP contribution in [0.25, 0.3) is 0 Å². The SMILES string of the molecule is CC1N(Cc2cccnc2)C(=O)COC12CCN(Cc1nccs1)CC2. The summed E-state index contributed by atoms with van der Waals surface area (Å²) in [5.74, 6) is 0.0668. The molecule has 2 aliphatic rings. The van der Waals surface area contributed by atoms with Crippen molar-refractivity contribution in [2.45, 2.75) is 44.5 Å². The lowest BCUT2D eigenvalue weighted by Gasteiger charge is -2.51. The van der Waals surface area contributed by atoms with Gasteiger partial charge in [-0.15, -0.1) is 11.3 Å². The molecule has 1 spiro atoms. The molecule has 0 N–H and O–H groups in total. The van der Waals surface area contributed by atoms with Gasteiger partial charge >= 0.3 is 0 Å². The molecule has 2 aromatic rings. The highest BCUT2D eigenvalue weighted by Crippen LogP contribution is 2.36. The standard InChI is InChI=1S/C19H24N4O2S/c1-15-19(4-8-22(9-5-19)13-17-21-7-10-26-17)25-14-18(24)23(15)12-16-3-2-6-20-11-16/h2-3,6-7,10-11,15H,4-5,8-9,12-14H2,1H3. The Morgan fingerprint density at radius 3 is 2.85 bits per heavy atom. The fourth-order valence-corrected chi connectivity index (χ4v) is 4.65. The van der Waals surface area contributed by atoms with Gasteiger partial charge in [0.05, 0.1) is 18.2 Å². The number of rotatable bonds is 4. The molecular weight excluding hydrogens is 348 g/mol. The minimum atomic E-state index is -0.241.